The molecule has 3 aromatic rings. The van der Waals surface area contributed by atoms with E-state index in [1.807, 2.05) is 24.3 Å². The number of ether oxygens (including phenoxy) is 1. The molecule has 0 radical (unpaired) electrons. The molecule has 0 bridgehead atoms. The molecule has 0 aliphatic heterocycles. The first-order valence-corrected chi connectivity index (χ1v) is 9.11. The lowest BCUT2D eigenvalue weighted by molar-refractivity contribution is -0.131. The Morgan fingerprint density at radius 2 is 1.66 bits per heavy atom. The van der Waals surface area contributed by atoms with Gasteiger partial charge >= 0.3 is 12.1 Å². The number of carboxylic acid groups (broad SMARTS) is 1. The fraction of sp³-hybridized carbons (Fsp3) is 0.0870. The molecule has 1 aromatic heterocycles. The van der Waals surface area contributed by atoms with Gasteiger partial charge in [-0.1, -0.05) is 48.5 Å². The van der Waals surface area contributed by atoms with Gasteiger partial charge in [-0.05, 0) is 46.0 Å². The number of pyridine rings is 1. The van der Waals surface area contributed by atoms with Crippen LogP contribution < -0.4 is 5.32 Å². The summed E-state index contributed by atoms with van der Waals surface area (Å²) in [4.78, 5) is 26.9. The molecule has 0 saturated carbocycles. The molecule has 0 fully saturated rings. The average Bonchev–Trinajstić information content (AvgIpc) is 3.05. The summed E-state index contributed by atoms with van der Waals surface area (Å²) in [5, 5.41) is 11.2. The lowest BCUT2D eigenvalue weighted by Crippen LogP contribution is -2.18. The molecule has 0 unspecified atom stereocenters. The van der Waals surface area contributed by atoms with Crippen LogP contribution in [0.15, 0.2) is 72.9 Å². The molecule has 0 saturated heterocycles. The van der Waals surface area contributed by atoms with E-state index in [1.54, 1.807) is 12.1 Å². The Morgan fingerprint density at radius 1 is 1.00 bits per heavy atom. The molecule has 6 nitrogen and oxygen atoms in total. The summed E-state index contributed by atoms with van der Waals surface area (Å²) in [6, 6.07) is 19.5. The highest BCUT2D eigenvalue weighted by Gasteiger charge is 2.28. The van der Waals surface area contributed by atoms with Gasteiger partial charge in [-0.25, -0.2) is 14.6 Å². The predicted octanol–water partition coefficient (Wildman–Crippen LogP) is 4.54. The number of hydrogen-bond donors (Lipinski definition) is 2. The van der Waals surface area contributed by atoms with E-state index in [4.69, 9.17) is 9.84 Å². The first kappa shape index (κ1) is 18.4. The molecule has 4 rings (SSSR count). The van der Waals surface area contributed by atoms with Crippen molar-refractivity contribution < 1.29 is 19.4 Å². The number of hydrogen-bond acceptors (Lipinski definition) is 4. The number of aromatic nitrogens is 1. The van der Waals surface area contributed by atoms with Gasteiger partial charge in [-0.15, -0.1) is 0 Å². The molecular weight excluding hydrogens is 368 g/mol. The van der Waals surface area contributed by atoms with Crippen molar-refractivity contribution in [2.45, 2.75) is 5.92 Å². The fourth-order valence-corrected chi connectivity index (χ4v) is 3.48. The maximum Gasteiger partial charge on any atom is 0.412 e. The molecule has 2 aromatic carbocycles. The third kappa shape index (κ3) is 4.01. The smallest absolute Gasteiger partial charge is 0.412 e. The van der Waals surface area contributed by atoms with Gasteiger partial charge in [0.2, 0.25) is 0 Å². The van der Waals surface area contributed by atoms with E-state index in [0.717, 1.165) is 17.2 Å². The predicted molar refractivity (Wildman–Crippen MR) is 110 cm³/mol. The summed E-state index contributed by atoms with van der Waals surface area (Å²) in [5.41, 5.74) is 5.25. The summed E-state index contributed by atoms with van der Waals surface area (Å²) in [7, 11) is 0. The molecule has 1 heterocycles. The number of carbonyl (C=O) groups excluding carboxylic acids is 1. The van der Waals surface area contributed by atoms with Crippen molar-refractivity contribution in [3.63, 3.8) is 0 Å². The molecule has 1 aliphatic rings. The zero-order valence-electron chi connectivity index (χ0n) is 15.4. The van der Waals surface area contributed by atoms with Crippen LogP contribution in [0.2, 0.25) is 0 Å². The summed E-state index contributed by atoms with van der Waals surface area (Å²) in [6.07, 6.45) is 3.33. The second-order valence-electron chi connectivity index (χ2n) is 6.60. The number of nitrogens with zero attached hydrogens (tertiary/aromatic N) is 1. The topological polar surface area (TPSA) is 88.5 Å². The SMILES string of the molecule is O=C(O)/C=C/c1ccc(NC(=O)OCC2c3ccccc3-c3ccccc32)nc1. The van der Waals surface area contributed by atoms with Gasteiger partial charge in [-0.2, -0.15) is 0 Å². The number of nitrogens with one attached hydrogen (secondary N) is 1. The van der Waals surface area contributed by atoms with Gasteiger partial charge in [0.15, 0.2) is 0 Å². The third-order valence-corrected chi connectivity index (χ3v) is 4.78. The minimum atomic E-state index is -1.04. The van der Waals surface area contributed by atoms with Gasteiger partial charge < -0.3 is 9.84 Å². The van der Waals surface area contributed by atoms with Gasteiger partial charge in [-0.3, -0.25) is 5.32 Å². The quantitative estimate of drug-likeness (QED) is 0.629. The van der Waals surface area contributed by atoms with Crippen LogP contribution in [0.1, 0.15) is 22.6 Å². The van der Waals surface area contributed by atoms with Gasteiger partial charge in [0, 0.05) is 18.2 Å². The van der Waals surface area contributed by atoms with Gasteiger partial charge in [0.1, 0.15) is 12.4 Å². The minimum absolute atomic E-state index is 0.00959. The maximum atomic E-state index is 12.2. The molecule has 0 atom stereocenters. The zero-order chi connectivity index (χ0) is 20.2. The monoisotopic (exact) mass is 386 g/mol. The number of fused-ring (bicyclic) bond motifs is 3. The van der Waals surface area contributed by atoms with Crippen molar-refractivity contribution >= 4 is 24.0 Å². The Bertz CT molecular complexity index is 1040. The van der Waals surface area contributed by atoms with Crippen molar-refractivity contribution in [1.29, 1.82) is 0 Å². The van der Waals surface area contributed by atoms with E-state index in [-0.39, 0.29) is 12.5 Å². The minimum Gasteiger partial charge on any atom is -0.478 e. The van der Waals surface area contributed by atoms with E-state index in [1.165, 1.54) is 23.4 Å². The van der Waals surface area contributed by atoms with Crippen molar-refractivity contribution in [2.24, 2.45) is 0 Å². The van der Waals surface area contributed by atoms with E-state index >= 15 is 0 Å². The van der Waals surface area contributed by atoms with Crippen LogP contribution in [-0.2, 0) is 9.53 Å². The summed E-state index contributed by atoms with van der Waals surface area (Å²) in [5.74, 6) is -0.717. The first-order valence-electron chi connectivity index (χ1n) is 9.11. The number of benzene rings is 2. The van der Waals surface area contributed by atoms with Crippen molar-refractivity contribution in [2.75, 3.05) is 11.9 Å². The second-order valence-corrected chi connectivity index (χ2v) is 6.60. The van der Waals surface area contributed by atoms with Crippen LogP contribution in [0.5, 0.6) is 0 Å². The number of amides is 1. The molecule has 0 spiro atoms. The molecule has 29 heavy (non-hydrogen) atoms. The molecule has 144 valence electrons. The first-order chi connectivity index (χ1) is 14.1. The van der Waals surface area contributed by atoms with Crippen LogP contribution >= 0.6 is 0 Å². The number of carboxylic acids is 1. The van der Waals surface area contributed by atoms with Gasteiger partial charge in [0.05, 0.1) is 0 Å². The Labute approximate surface area is 167 Å². The van der Waals surface area contributed by atoms with Crippen molar-refractivity contribution in [3.05, 3.63) is 89.6 Å². The van der Waals surface area contributed by atoms with Crippen molar-refractivity contribution in [3.8, 4) is 11.1 Å². The van der Waals surface area contributed by atoms with Crippen LogP contribution in [0.3, 0.4) is 0 Å². The summed E-state index contributed by atoms with van der Waals surface area (Å²) >= 11 is 0. The standard InChI is InChI=1S/C23H18N2O4/c26-22(27)12-10-15-9-11-21(24-13-15)25-23(28)29-14-20-18-7-3-1-5-16(18)17-6-2-4-8-19(17)20/h1-13,20H,14H2,(H,26,27)(H,24,25,28)/b12-10+. The van der Waals surface area contributed by atoms with Crippen LogP contribution in [0.25, 0.3) is 17.2 Å². The Balaban J connectivity index is 1.41. The van der Waals surface area contributed by atoms with E-state index in [2.05, 4.69) is 34.6 Å². The Hall–Kier alpha value is -3.93. The molecule has 2 N–H and O–H groups in total. The largest absolute Gasteiger partial charge is 0.478 e. The number of aliphatic carboxylic acids is 1. The van der Waals surface area contributed by atoms with Crippen LogP contribution in [-0.4, -0.2) is 28.8 Å². The molecule has 1 aliphatic carbocycles. The number of carbonyl (C=O) groups is 2. The highest BCUT2D eigenvalue weighted by molar-refractivity contribution is 5.86. The molecular formula is C23H18N2O4. The van der Waals surface area contributed by atoms with Crippen LogP contribution in [0, 0.1) is 0 Å². The highest BCUT2D eigenvalue weighted by atomic mass is 16.5. The van der Waals surface area contributed by atoms with Gasteiger partial charge in [0.25, 0.3) is 0 Å². The third-order valence-electron chi connectivity index (χ3n) is 4.78. The Kier molecular flexibility index (Phi) is 5.07. The number of rotatable bonds is 5. The van der Waals surface area contributed by atoms with E-state index in [9.17, 15) is 9.59 Å². The van der Waals surface area contributed by atoms with E-state index in [0.29, 0.717) is 11.4 Å². The Morgan fingerprint density at radius 3 is 2.24 bits per heavy atom. The lowest BCUT2D eigenvalue weighted by Gasteiger charge is -2.14. The average molecular weight is 386 g/mol. The normalized spacial score (nSPS) is 12.4. The fourth-order valence-electron chi connectivity index (χ4n) is 3.48. The summed E-state index contributed by atoms with van der Waals surface area (Å²) in [6.45, 7) is 0.222. The second kappa shape index (κ2) is 7.98. The lowest BCUT2D eigenvalue weighted by atomic mass is 9.98. The van der Waals surface area contributed by atoms with Crippen molar-refractivity contribution in [1.82, 2.24) is 4.98 Å². The van der Waals surface area contributed by atoms with Crippen LogP contribution in [0.4, 0.5) is 10.6 Å². The zero-order valence-corrected chi connectivity index (χ0v) is 15.4. The summed E-state index contributed by atoms with van der Waals surface area (Å²) < 4.78 is 5.47. The maximum absolute atomic E-state index is 12.2. The highest BCUT2D eigenvalue weighted by Crippen LogP contribution is 2.44. The van der Waals surface area contributed by atoms with E-state index < -0.39 is 12.1 Å². The number of anilines is 1. The molecule has 6 heteroatoms. The molecule has 1 amide bonds.